The van der Waals surface area contributed by atoms with Crippen molar-refractivity contribution in [3.8, 4) is 0 Å². The lowest BCUT2D eigenvalue weighted by Gasteiger charge is -2.44. The highest BCUT2D eigenvalue weighted by atomic mass is 16.1. The minimum atomic E-state index is 0.0762. The molecule has 3 heteroatoms. The van der Waals surface area contributed by atoms with Crippen LogP contribution in [0.25, 0.3) is 0 Å². The van der Waals surface area contributed by atoms with E-state index in [1.165, 1.54) is 37.1 Å². The molecule has 4 heterocycles. The van der Waals surface area contributed by atoms with Crippen LogP contribution in [-0.4, -0.2) is 22.5 Å². The first-order chi connectivity index (χ1) is 9.22. The van der Waals surface area contributed by atoms with Crippen LogP contribution in [-0.2, 0) is 0 Å². The molecular weight excluding hydrogens is 236 g/mol. The summed E-state index contributed by atoms with van der Waals surface area (Å²) in [6, 6.07) is 5.13. The zero-order valence-corrected chi connectivity index (χ0v) is 11.3. The van der Waals surface area contributed by atoms with Gasteiger partial charge >= 0.3 is 0 Å². The molecule has 1 aliphatic carbocycles. The molecule has 0 radical (unpaired) electrons. The third-order valence-electron chi connectivity index (χ3n) is 6.26. The Balaban J connectivity index is 1.74. The van der Waals surface area contributed by atoms with Crippen LogP contribution >= 0.6 is 0 Å². The molecule has 7 atom stereocenters. The van der Waals surface area contributed by atoms with Gasteiger partial charge in [0.15, 0.2) is 0 Å². The minimum absolute atomic E-state index is 0.0762. The number of H-pyrrole nitrogens is 1. The van der Waals surface area contributed by atoms with Crippen LogP contribution in [0.1, 0.15) is 49.4 Å². The molecule has 1 saturated carbocycles. The van der Waals surface area contributed by atoms with Crippen molar-refractivity contribution in [1.82, 2.24) is 9.88 Å². The van der Waals surface area contributed by atoms with Crippen LogP contribution < -0.4 is 5.56 Å². The van der Waals surface area contributed by atoms with E-state index in [0.29, 0.717) is 12.0 Å². The van der Waals surface area contributed by atoms with Gasteiger partial charge in [-0.1, -0.05) is 13.0 Å². The van der Waals surface area contributed by atoms with Crippen LogP contribution in [0.5, 0.6) is 0 Å². The molecule has 5 rings (SSSR count). The molecule has 5 bridgehead atoms. The average molecular weight is 256 g/mol. The van der Waals surface area contributed by atoms with Gasteiger partial charge in [0.2, 0.25) is 5.56 Å². The number of hydrogen-bond donors (Lipinski definition) is 1. The van der Waals surface area contributed by atoms with Gasteiger partial charge < -0.3 is 4.98 Å². The molecule has 0 spiro atoms. The van der Waals surface area contributed by atoms with E-state index in [9.17, 15) is 4.79 Å². The second-order valence-corrected chi connectivity index (χ2v) is 7.24. The van der Waals surface area contributed by atoms with Gasteiger partial charge in [-0.25, -0.2) is 0 Å². The Morgan fingerprint density at radius 2 is 2.11 bits per heavy atom. The normalized spacial score (nSPS) is 49.2. The first kappa shape index (κ1) is 10.7. The standard InChI is InChI=1S/C16H20N2O/c1-8-4-12-11-6-9-7-18(13(11)5-8)16(12)15-10(9)2-3-14(19)17-15/h2-3,8-9,11-13,16H,4-7H2,1H3,(H,17,19)/t8-,9-,11-,12-,13+,16?/m1/s1. The molecule has 3 nitrogen and oxygen atoms in total. The van der Waals surface area contributed by atoms with Crippen molar-refractivity contribution >= 4 is 0 Å². The number of nitrogens with zero attached hydrogens (tertiary/aromatic N) is 1. The Kier molecular flexibility index (Phi) is 1.86. The Morgan fingerprint density at radius 1 is 1.21 bits per heavy atom. The van der Waals surface area contributed by atoms with Gasteiger partial charge in [0, 0.05) is 24.3 Å². The summed E-state index contributed by atoms with van der Waals surface area (Å²) in [5.41, 5.74) is 2.79. The lowest BCUT2D eigenvalue weighted by atomic mass is 9.70. The summed E-state index contributed by atoms with van der Waals surface area (Å²) in [5.74, 6) is 3.20. The lowest BCUT2D eigenvalue weighted by molar-refractivity contribution is 0.0902. The van der Waals surface area contributed by atoms with Gasteiger partial charge in [-0.3, -0.25) is 9.69 Å². The number of hydrogen-bond acceptors (Lipinski definition) is 2. The summed E-state index contributed by atoms with van der Waals surface area (Å²) in [5, 5.41) is 0. The number of pyridine rings is 1. The van der Waals surface area contributed by atoms with E-state index in [0.717, 1.165) is 23.8 Å². The molecule has 0 amide bonds. The van der Waals surface area contributed by atoms with Gasteiger partial charge in [0.1, 0.15) is 0 Å². The third kappa shape index (κ3) is 1.20. The molecule has 2 unspecified atom stereocenters. The highest BCUT2D eigenvalue weighted by Gasteiger charge is 2.59. The molecule has 100 valence electrons. The molecule has 4 aliphatic rings. The van der Waals surface area contributed by atoms with E-state index in [1.807, 2.05) is 0 Å². The van der Waals surface area contributed by atoms with E-state index < -0.39 is 0 Å². The van der Waals surface area contributed by atoms with Gasteiger partial charge in [-0.05, 0) is 48.5 Å². The summed E-state index contributed by atoms with van der Waals surface area (Å²) in [7, 11) is 0. The first-order valence-corrected chi connectivity index (χ1v) is 7.71. The van der Waals surface area contributed by atoms with Crippen LogP contribution in [0, 0.1) is 17.8 Å². The molecule has 1 N–H and O–H groups in total. The van der Waals surface area contributed by atoms with Gasteiger partial charge in [-0.2, -0.15) is 0 Å². The van der Waals surface area contributed by atoms with Gasteiger partial charge in [-0.15, -0.1) is 0 Å². The molecule has 3 aliphatic heterocycles. The molecule has 3 fully saturated rings. The fourth-order valence-corrected chi connectivity index (χ4v) is 5.75. The Hall–Kier alpha value is -1.09. The smallest absolute Gasteiger partial charge is 0.248 e. The van der Waals surface area contributed by atoms with Gasteiger partial charge in [0.05, 0.1) is 6.04 Å². The number of piperidine rings is 1. The van der Waals surface area contributed by atoms with Gasteiger partial charge in [0.25, 0.3) is 0 Å². The topological polar surface area (TPSA) is 36.1 Å². The molecular formula is C16H20N2O. The fourth-order valence-electron chi connectivity index (χ4n) is 5.75. The minimum Gasteiger partial charge on any atom is -0.324 e. The first-order valence-electron chi connectivity index (χ1n) is 7.71. The van der Waals surface area contributed by atoms with Crippen LogP contribution in [0.4, 0.5) is 0 Å². The van der Waals surface area contributed by atoms with Crippen LogP contribution in [0.15, 0.2) is 16.9 Å². The second-order valence-electron chi connectivity index (χ2n) is 7.24. The van der Waals surface area contributed by atoms with E-state index in [2.05, 4.69) is 22.9 Å². The average Bonchev–Trinajstić information content (AvgIpc) is 2.56. The third-order valence-corrected chi connectivity index (χ3v) is 6.26. The highest BCUT2D eigenvalue weighted by molar-refractivity contribution is 5.36. The maximum atomic E-state index is 11.7. The number of nitrogens with one attached hydrogen (secondary N) is 1. The summed E-state index contributed by atoms with van der Waals surface area (Å²) < 4.78 is 0. The maximum Gasteiger partial charge on any atom is 0.248 e. The van der Waals surface area contributed by atoms with Crippen molar-refractivity contribution in [1.29, 1.82) is 0 Å². The zero-order chi connectivity index (χ0) is 12.7. The van der Waals surface area contributed by atoms with E-state index in [1.54, 1.807) is 6.07 Å². The quantitative estimate of drug-likeness (QED) is 0.773. The van der Waals surface area contributed by atoms with Crippen molar-refractivity contribution in [2.75, 3.05) is 6.54 Å². The van der Waals surface area contributed by atoms with Crippen molar-refractivity contribution in [2.24, 2.45) is 17.8 Å². The number of fused-ring (bicyclic) bond motifs is 5. The maximum absolute atomic E-state index is 11.7. The monoisotopic (exact) mass is 256 g/mol. The van der Waals surface area contributed by atoms with E-state index in [4.69, 9.17) is 0 Å². The lowest BCUT2D eigenvalue weighted by Crippen LogP contribution is -2.46. The fraction of sp³-hybridized carbons (Fsp3) is 0.688. The Labute approximate surface area is 113 Å². The van der Waals surface area contributed by atoms with Crippen LogP contribution in [0.2, 0.25) is 0 Å². The molecule has 0 aromatic carbocycles. The van der Waals surface area contributed by atoms with Crippen molar-refractivity contribution in [2.45, 2.75) is 44.2 Å². The van der Waals surface area contributed by atoms with Crippen LogP contribution in [0.3, 0.4) is 0 Å². The predicted molar refractivity (Wildman–Crippen MR) is 73.0 cm³/mol. The second kappa shape index (κ2) is 3.32. The van der Waals surface area contributed by atoms with E-state index in [-0.39, 0.29) is 5.56 Å². The van der Waals surface area contributed by atoms with Crippen molar-refractivity contribution in [3.63, 3.8) is 0 Å². The summed E-state index contributed by atoms with van der Waals surface area (Å²) in [6.45, 7) is 3.64. The summed E-state index contributed by atoms with van der Waals surface area (Å²) in [4.78, 5) is 17.7. The summed E-state index contributed by atoms with van der Waals surface area (Å²) >= 11 is 0. The van der Waals surface area contributed by atoms with E-state index >= 15 is 0 Å². The predicted octanol–water partition coefficient (Wildman–Crippen LogP) is 2.26. The summed E-state index contributed by atoms with van der Waals surface area (Å²) in [6.07, 6.45) is 4.08. The largest absolute Gasteiger partial charge is 0.324 e. The Morgan fingerprint density at radius 3 is 3.00 bits per heavy atom. The Bertz CT molecular complexity index is 607. The number of aromatic amines is 1. The zero-order valence-electron chi connectivity index (χ0n) is 11.3. The highest BCUT2D eigenvalue weighted by Crippen LogP contribution is 2.62. The number of rotatable bonds is 0. The van der Waals surface area contributed by atoms with Crippen molar-refractivity contribution < 1.29 is 0 Å². The molecule has 1 aromatic heterocycles. The molecule has 19 heavy (non-hydrogen) atoms. The number of aromatic nitrogens is 1. The SMILES string of the molecule is C[C@@H]1C[C@H]2C3c4[nH]c(=O)ccc4[C@@H]4C[C@H]2[C@H](C1)N3C4. The molecule has 1 aromatic rings. The molecule has 2 saturated heterocycles. The van der Waals surface area contributed by atoms with Crippen molar-refractivity contribution in [3.05, 3.63) is 33.7 Å².